The van der Waals surface area contributed by atoms with Gasteiger partial charge < -0.3 is 24.3 Å². The van der Waals surface area contributed by atoms with E-state index in [4.69, 9.17) is 9.47 Å². The Morgan fingerprint density at radius 2 is 1.96 bits per heavy atom. The zero-order valence-electron chi connectivity index (χ0n) is 16.5. The van der Waals surface area contributed by atoms with E-state index in [-0.39, 0.29) is 11.8 Å². The van der Waals surface area contributed by atoms with Crippen molar-refractivity contribution in [1.29, 1.82) is 0 Å². The number of rotatable bonds is 5. The highest BCUT2D eigenvalue weighted by Crippen LogP contribution is 2.39. The monoisotopic (exact) mass is 385 g/mol. The molecule has 2 fully saturated rings. The predicted octanol–water partition coefficient (Wildman–Crippen LogP) is 2.42. The average molecular weight is 385 g/mol. The van der Waals surface area contributed by atoms with Crippen LogP contribution < -0.4 is 4.74 Å². The normalized spacial score (nSPS) is 22.4. The maximum absolute atomic E-state index is 13.4. The van der Waals surface area contributed by atoms with Crippen LogP contribution in [-0.2, 0) is 9.53 Å². The van der Waals surface area contributed by atoms with Crippen molar-refractivity contribution in [3.63, 3.8) is 0 Å². The zero-order chi connectivity index (χ0) is 19.7. The van der Waals surface area contributed by atoms with E-state index in [0.717, 1.165) is 48.9 Å². The first-order valence-electron chi connectivity index (χ1n) is 9.86. The summed E-state index contributed by atoms with van der Waals surface area (Å²) in [5, 5.41) is 0.924. The molecule has 0 radical (unpaired) electrons. The fraction of sp³-hybridized carbons (Fsp3) is 0.524. The number of amides is 2. The summed E-state index contributed by atoms with van der Waals surface area (Å²) < 4.78 is 10.4. The molecule has 2 amide bonds. The number of nitrogens with zero attached hydrogens (tertiary/aromatic N) is 2. The van der Waals surface area contributed by atoms with Gasteiger partial charge >= 0.3 is 0 Å². The summed E-state index contributed by atoms with van der Waals surface area (Å²) in [4.78, 5) is 33.6. The molecule has 1 spiro atoms. The van der Waals surface area contributed by atoms with Crippen molar-refractivity contribution < 1.29 is 19.1 Å². The van der Waals surface area contributed by atoms with Gasteiger partial charge in [0.05, 0.1) is 13.7 Å². The summed E-state index contributed by atoms with van der Waals surface area (Å²) in [6.45, 7) is 2.43. The molecular formula is C21H27N3O4. The molecule has 3 heterocycles. The molecule has 7 nitrogen and oxygen atoms in total. The number of carbonyl (C=O) groups is 2. The molecule has 1 N–H and O–H groups in total. The van der Waals surface area contributed by atoms with Gasteiger partial charge in [-0.3, -0.25) is 9.59 Å². The summed E-state index contributed by atoms with van der Waals surface area (Å²) in [6, 6.07) is 7.52. The number of hydrogen-bond acceptors (Lipinski definition) is 4. The van der Waals surface area contributed by atoms with Gasteiger partial charge in [-0.15, -0.1) is 0 Å². The smallest absolute Gasteiger partial charge is 0.271 e. The number of likely N-dealkylation sites (tertiary alicyclic amines) is 2. The number of benzene rings is 1. The molecule has 0 aliphatic carbocycles. The van der Waals surface area contributed by atoms with E-state index in [1.807, 2.05) is 29.2 Å². The number of aromatic amines is 1. The molecule has 2 aliphatic heterocycles. The number of piperidine rings is 1. The van der Waals surface area contributed by atoms with Crippen LogP contribution in [0.15, 0.2) is 24.3 Å². The lowest BCUT2D eigenvalue weighted by Crippen LogP contribution is -2.61. The maximum Gasteiger partial charge on any atom is 0.271 e. The lowest BCUT2D eigenvalue weighted by Gasteiger charge is -2.44. The SMILES string of the molecule is COCCN1CCCC2(CCCN2C(=O)c2cc3cc(OC)ccc3[nH]2)C1=O. The highest BCUT2D eigenvalue weighted by Gasteiger charge is 2.52. The molecule has 1 unspecified atom stereocenters. The first kappa shape index (κ1) is 18.8. The maximum atomic E-state index is 13.4. The van der Waals surface area contributed by atoms with Gasteiger partial charge in [0, 0.05) is 37.6 Å². The van der Waals surface area contributed by atoms with Crippen LogP contribution in [0.4, 0.5) is 0 Å². The Kier molecular flexibility index (Phi) is 5.02. The van der Waals surface area contributed by atoms with Gasteiger partial charge in [0.15, 0.2) is 0 Å². The molecule has 1 atom stereocenters. The van der Waals surface area contributed by atoms with Gasteiger partial charge in [-0.1, -0.05) is 0 Å². The van der Waals surface area contributed by atoms with Crippen molar-refractivity contribution >= 4 is 22.7 Å². The van der Waals surface area contributed by atoms with Gasteiger partial charge in [0.1, 0.15) is 17.0 Å². The van der Waals surface area contributed by atoms with Crippen molar-refractivity contribution in [1.82, 2.24) is 14.8 Å². The molecular weight excluding hydrogens is 358 g/mol. The second-order valence-electron chi connectivity index (χ2n) is 7.62. The van der Waals surface area contributed by atoms with Gasteiger partial charge in [0.25, 0.3) is 5.91 Å². The number of hydrogen-bond donors (Lipinski definition) is 1. The van der Waals surface area contributed by atoms with Crippen molar-refractivity contribution in [2.24, 2.45) is 0 Å². The van der Waals surface area contributed by atoms with Crippen LogP contribution in [0.25, 0.3) is 10.9 Å². The van der Waals surface area contributed by atoms with E-state index in [1.54, 1.807) is 19.1 Å². The van der Waals surface area contributed by atoms with Crippen molar-refractivity contribution in [3.8, 4) is 5.75 Å². The molecule has 0 bridgehead atoms. The number of fused-ring (bicyclic) bond motifs is 1. The van der Waals surface area contributed by atoms with Crippen molar-refractivity contribution in [2.45, 2.75) is 31.2 Å². The quantitative estimate of drug-likeness (QED) is 0.858. The second-order valence-corrected chi connectivity index (χ2v) is 7.62. The Balaban J connectivity index is 1.62. The molecule has 4 rings (SSSR count). The minimum absolute atomic E-state index is 0.0689. The molecule has 28 heavy (non-hydrogen) atoms. The average Bonchev–Trinajstić information content (AvgIpc) is 3.33. The number of aromatic nitrogens is 1. The fourth-order valence-corrected chi connectivity index (χ4v) is 4.64. The number of ether oxygens (including phenoxy) is 2. The first-order valence-corrected chi connectivity index (χ1v) is 9.86. The summed E-state index contributed by atoms with van der Waals surface area (Å²) in [7, 11) is 3.26. The lowest BCUT2D eigenvalue weighted by molar-refractivity contribution is -0.146. The minimum atomic E-state index is -0.710. The van der Waals surface area contributed by atoms with Crippen LogP contribution in [-0.4, -0.2) is 72.6 Å². The van der Waals surface area contributed by atoms with E-state index < -0.39 is 5.54 Å². The molecule has 7 heteroatoms. The van der Waals surface area contributed by atoms with Crippen molar-refractivity contribution in [3.05, 3.63) is 30.0 Å². The molecule has 2 saturated heterocycles. The third-order valence-corrected chi connectivity index (χ3v) is 6.06. The van der Waals surface area contributed by atoms with E-state index in [1.165, 1.54) is 0 Å². The number of carbonyl (C=O) groups excluding carboxylic acids is 2. The molecule has 2 aromatic rings. The second kappa shape index (κ2) is 7.47. The van der Waals surface area contributed by atoms with E-state index in [2.05, 4.69) is 4.98 Å². The molecule has 1 aromatic carbocycles. The largest absolute Gasteiger partial charge is 0.497 e. The Morgan fingerprint density at radius 3 is 2.71 bits per heavy atom. The predicted molar refractivity (Wildman–Crippen MR) is 106 cm³/mol. The molecule has 1 aromatic heterocycles. The Bertz CT molecular complexity index is 893. The zero-order valence-corrected chi connectivity index (χ0v) is 16.5. The van der Waals surface area contributed by atoms with Crippen molar-refractivity contribution in [2.75, 3.05) is 40.5 Å². The minimum Gasteiger partial charge on any atom is -0.497 e. The van der Waals surface area contributed by atoms with Crippen LogP contribution in [0.2, 0.25) is 0 Å². The topological polar surface area (TPSA) is 74.9 Å². The van der Waals surface area contributed by atoms with Gasteiger partial charge in [-0.2, -0.15) is 0 Å². The van der Waals surface area contributed by atoms with Crippen LogP contribution in [0.3, 0.4) is 0 Å². The highest BCUT2D eigenvalue weighted by molar-refractivity contribution is 6.02. The highest BCUT2D eigenvalue weighted by atomic mass is 16.5. The Morgan fingerprint density at radius 1 is 1.18 bits per heavy atom. The summed E-state index contributed by atoms with van der Waals surface area (Å²) in [6.07, 6.45) is 3.22. The van der Waals surface area contributed by atoms with E-state index >= 15 is 0 Å². The Labute approximate surface area is 164 Å². The summed E-state index contributed by atoms with van der Waals surface area (Å²) in [5.41, 5.74) is 0.693. The van der Waals surface area contributed by atoms with Gasteiger partial charge in [0.2, 0.25) is 5.91 Å². The number of nitrogens with one attached hydrogen (secondary N) is 1. The number of H-pyrrole nitrogens is 1. The summed E-state index contributed by atoms with van der Waals surface area (Å²) in [5.74, 6) is 0.716. The van der Waals surface area contributed by atoms with Crippen LogP contribution >= 0.6 is 0 Å². The molecule has 2 aliphatic rings. The lowest BCUT2D eigenvalue weighted by atomic mass is 9.85. The first-order chi connectivity index (χ1) is 13.6. The molecule has 0 saturated carbocycles. The van der Waals surface area contributed by atoms with E-state index in [9.17, 15) is 9.59 Å². The fourth-order valence-electron chi connectivity index (χ4n) is 4.64. The van der Waals surface area contributed by atoms with Crippen LogP contribution in [0.5, 0.6) is 5.75 Å². The Hall–Kier alpha value is -2.54. The standard InChI is InChI=1S/C21H27N3O4/c1-27-12-11-23-9-3-7-21(20(23)26)8-4-10-24(21)19(25)18-14-15-13-16(28-2)5-6-17(15)22-18/h5-6,13-14,22H,3-4,7-12H2,1-2H3. The third-order valence-electron chi connectivity index (χ3n) is 6.06. The summed E-state index contributed by atoms with van der Waals surface area (Å²) >= 11 is 0. The van der Waals surface area contributed by atoms with Gasteiger partial charge in [-0.05, 0) is 49.9 Å². The number of methoxy groups -OCH3 is 2. The van der Waals surface area contributed by atoms with Crippen LogP contribution in [0, 0.1) is 0 Å². The van der Waals surface area contributed by atoms with E-state index in [0.29, 0.717) is 25.4 Å². The van der Waals surface area contributed by atoms with Crippen LogP contribution in [0.1, 0.15) is 36.2 Å². The third kappa shape index (κ3) is 3.03. The van der Waals surface area contributed by atoms with Gasteiger partial charge in [-0.25, -0.2) is 0 Å². The molecule has 150 valence electrons.